The molecule has 0 saturated heterocycles. The Labute approximate surface area is 250 Å². The molecule has 41 heavy (non-hydrogen) atoms. The minimum atomic E-state index is -0.285. The number of carbonyl (C=O) groups excluding carboxylic acids is 1. The molecule has 0 aromatic heterocycles. The molecule has 3 N–H and O–H groups in total. The molecule has 0 atom stereocenters. The first-order chi connectivity index (χ1) is 19.9. The summed E-state index contributed by atoms with van der Waals surface area (Å²) in [5.41, 5.74) is 11.9. The van der Waals surface area contributed by atoms with E-state index in [1.54, 1.807) is 12.1 Å². The van der Waals surface area contributed by atoms with Crippen molar-refractivity contribution in [2.45, 2.75) is 25.7 Å². The number of nitrogens with two attached hydrogens (primary N) is 1. The van der Waals surface area contributed by atoms with Gasteiger partial charge in [-0.05, 0) is 67.5 Å². The van der Waals surface area contributed by atoms with E-state index in [2.05, 4.69) is 27.3 Å². The number of nitrogens with zero attached hydrogens (tertiary/aromatic N) is 3. The highest BCUT2D eigenvalue weighted by molar-refractivity contribution is 6.42. The molecule has 2 aliphatic rings. The van der Waals surface area contributed by atoms with E-state index in [4.69, 9.17) is 33.9 Å². The van der Waals surface area contributed by atoms with Gasteiger partial charge in [-0.1, -0.05) is 47.8 Å². The zero-order chi connectivity index (χ0) is 28.9. The molecule has 2 heterocycles. The number of hydrogen-bond acceptors (Lipinski definition) is 5. The van der Waals surface area contributed by atoms with Crippen LogP contribution in [0.2, 0.25) is 10.0 Å². The summed E-state index contributed by atoms with van der Waals surface area (Å²) in [6.07, 6.45) is 7.22. The Morgan fingerprint density at radius 2 is 1.73 bits per heavy atom. The van der Waals surface area contributed by atoms with Crippen LogP contribution in [0.15, 0.2) is 83.6 Å². The first-order valence-corrected chi connectivity index (χ1v) is 14.5. The van der Waals surface area contributed by atoms with Crippen LogP contribution >= 0.6 is 23.2 Å². The maximum absolute atomic E-state index is 13.7. The van der Waals surface area contributed by atoms with Crippen molar-refractivity contribution < 1.29 is 9.18 Å². The van der Waals surface area contributed by atoms with Crippen LogP contribution in [0.25, 0.3) is 5.57 Å². The maximum Gasteiger partial charge on any atom is 0.220 e. The zero-order valence-electron chi connectivity index (χ0n) is 22.8. The largest absolute Gasteiger partial charge is 0.355 e. The van der Waals surface area contributed by atoms with Crippen LogP contribution < -0.4 is 20.9 Å². The van der Waals surface area contributed by atoms with E-state index in [1.807, 2.05) is 43.4 Å². The van der Waals surface area contributed by atoms with Crippen LogP contribution in [0.5, 0.6) is 0 Å². The minimum absolute atomic E-state index is 0.0332. The van der Waals surface area contributed by atoms with Crippen LogP contribution in [0.1, 0.15) is 36.8 Å². The van der Waals surface area contributed by atoms with Gasteiger partial charge in [0.15, 0.2) is 0 Å². The third-order valence-electron chi connectivity index (χ3n) is 7.24. The van der Waals surface area contributed by atoms with E-state index >= 15 is 0 Å². The number of rotatable bonds is 10. The highest BCUT2D eigenvalue weighted by atomic mass is 35.5. The third kappa shape index (κ3) is 6.32. The maximum atomic E-state index is 13.7. The van der Waals surface area contributed by atoms with Crippen molar-refractivity contribution in [1.82, 2.24) is 5.32 Å². The summed E-state index contributed by atoms with van der Waals surface area (Å²) in [4.78, 5) is 21.2. The average Bonchev–Trinajstić information content (AvgIpc) is 3.45. The molecular weight excluding hydrogens is 560 g/mol. The van der Waals surface area contributed by atoms with Crippen molar-refractivity contribution in [2.75, 3.05) is 36.5 Å². The van der Waals surface area contributed by atoms with Crippen molar-refractivity contribution >= 4 is 57.5 Å². The van der Waals surface area contributed by atoms with Crippen LogP contribution in [-0.2, 0) is 4.79 Å². The SMILES string of the molecule is CN1C(=CC=C2C(c3ccc(F)cc3)=Nc3ccccc32)N(CCCCCC(=O)NCCN)c2cc(Cl)c(Cl)cc21. The monoisotopic (exact) mass is 591 g/mol. The van der Waals surface area contributed by atoms with Crippen molar-refractivity contribution in [3.63, 3.8) is 0 Å². The summed E-state index contributed by atoms with van der Waals surface area (Å²) in [7, 11) is 2.01. The zero-order valence-corrected chi connectivity index (χ0v) is 24.4. The first kappa shape index (κ1) is 28.9. The Morgan fingerprint density at radius 3 is 2.49 bits per heavy atom. The standard InChI is InChI=1S/C32H32Cl2FN5O/c1-39-28-19-25(33)26(34)20-29(28)40(18-6-2-3-9-30(41)37-17-16-36)31(39)15-14-24-23-7-4-5-8-27(23)38-32(24)21-10-12-22(35)13-11-21/h4-5,7-8,10-15,19-20H,2-3,6,9,16-18,36H2,1H3,(H,37,41). The average molecular weight is 593 g/mol. The molecule has 212 valence electrons. The summed E-state index contributed by atoms with van der Waals surface area (Å²) in [6.45, 7) is 1.68. The molecule has 6 nitrogen and oxygen atoms in total. The summed E-state index contributed by atoms with van der Waals surface area (Å²) in [5.74, 6) is 0.715. The third-order valence-corrected chi connectivity index (χ3v) is 7.96. The van der Waals surface area contributed by atoms with Crippen molar-refractivity contribution in [2.24, 2.45) is 10.7 Å². The summed E-state index contributed by atoms with van der Waals surface area (Å²) >= 11 is 12.8. The molecule has 3 aromatic carbocycles. The summed E-state index contributed by atoms with van der Waals surface area (Å²) < 4.78 is 13.7. The lowest BCUT2D eigenvalue weighted by Gasteiger charge is -2.23. The second kappa shape index (κ2) is 12.9. The second-order valence-corrected chi connectivity index (χ2v) is 10.8. The highest BCUT2D eigenvalue weighted by Gasteiger charge is 2.30. The molecule has 0 radical (unpaired) electrons. The molecule has 3 aromatic rings. The summed E-state index contributed by atoms with van der Waals surface area (Å²) in [6, 6.07) is 18.2. The lowest BCUT2D eigenvalue weighted by atomic mass is 9.97. The molecule has 0 bridgehead atoms. The molecule has 5 rings (SSSR count). The molecule has 1 amide bonds. The quantitative estimate of drug-likeness (QED) is 0.247. The van der Waals surface area contributed by atoms with Gasteiger partial charge in [0.05, 0.1) is 32.8 Å². The first-order valence-electron chi connectivity index (χ1n) is 13.7. The Kier molecular flexibility index (Phi) is 9.08. The van der Waals surface area contributed by atoms with E-state index in [-0.39, 0.29) is 11.7 Å². The molecule has 2 aliphatic heterocycles. The Balaban J connectivity index is 1.43. The van der Waals surface area contributed by atoms with E-state index in [1.165, 1.54) is 12.1 Å². The predicted octanol–water partition coefficient (Wildman–Crippen LogP) is 7.08. The number of amides is 1. The Morgan fingerprint density at radius 1 is 1.00 bits per heavy atom. The number of carbonyl (C=O) groups is 1. The Bertz CT molecular complexity index is 1530. The fourth-order valence-electron chi connectivity index (χ4n) is 5.17. The second-order valence-electron chi connectivity index (χ2n) is 10.0. The van der Waals surface area contributed by atoms with Crippen molar-refractivity contribution in [1.29, 1.82) is 0 Å². The number of benzene rings is 3. The van der Waals surface area contributed by atoms with Gasteiger partial charge in [-0.2, -0.15) is 0 Å². The number of allylic oxidation sites excluding steroid dienone is 3. The molecule has 0 fully saturated rings. The lowest BCUT2D eigenvalue weighted by Crippen LogP contribution is -2.28. The number of para-hydroxylation sites is 1. The lowest BCUT2D eigenvalue weighted by molar-refractivity contribution is -0.121. The summed E-state index contributed by atoms with van der Waals surface area (Å²) in [5, 5.41) is 3.81. The van der Waals surface area contributed by atoms with Gasteiger partial charge in [0.25, 0.3) is 0 Å². The van der Waals surface area contributed by atoms with Gasteiger partial charge in [0.1, 0.15) is 11.6 Å². The molecule has 0 unspecified atom stereocenters. The molecule has 0 saturated carbocycles. The number of anilines is 2. The highest BCUT2D eigenvalue weighted by Crippen LogP contribution is 2.45. The van der Waals surface area contributed by atoms with Crippen molar-refractivity contribution in [3.8, 4) is 0 Å². The fourth-order valence-corrected chi connectivity index (χ4v) is 5.48. The van der Waals surface area contributed by atoms with Gasteiger partial charge < -0.3 is 20.9 Å². The molecule has 9 heteroatoms. The van der Waals surface area contributed by atoms with Crippen LogP contribution in [0.4, 0.5) is 21.5 Å². The minimum Gasteiger partial charge on any atom is -0.355 e. The van der Waals surface area contributed by atoms with Gasteiger partial charge in [0.2, 0.25) is 5.91 Å². The fraction of sp³-hybridized carbons (Fsp3) is 0.250. The number of unbranched alkanes of at least 4 members (excludes halogenated alkanes) is 2. The van der Waals surface area contributed by atoms with Crippen molar-refractivity contribution in [3.05, 3.63) is 106 Å². The molecule has 0 aliphatic carbocycles. The van der Waals surface area contributed by atoms with Crippen LogP contribution in [0.3, 0.4) is 0 Å². The Hall–Kier alpha value is -3.65. The van der Waals surface area contributed by atoms with Gasteiger partial charge in [-0.3, -0.25) is 4.79 Å². The van der Waals surface area contributed by atoms with Gasteiger partial charge in [0, 0.05) is 49.8 Å². The molecular formula is C32H32Cl2FN5O. The van der Waals surface area contributed by atoms with Gasteiger partial charge in [-0.15, -0.1) is 0 Å². The van der Waals surface area contributed by atoms with Gasteiger partial charge >= 0.3 is 0 Å². The number of halogens is 3. The van der Waals surface area contributed by atoms with E-state index < -0.39 is 0 Å². The smallest absolute Gasteiger partial charge is 0.220 e. The topological polar surface area (TPSA) is 74.0 Å². The van der Waals surface area contributed by atoms with Gasteiger partial charge in [-0.25, -0.2) is 9.38 Å². The van der Waals surface area contributed by atoms with E-state index in [0.29, 0.717) is 29.6 Å². The number of hydrogen-bond donors (Lipinski definition) is 2. The number of fused-ring (bicyclic) bond motifs is 2. The van der Waals surface area contributed by atoms with Crippen LogP contribution in [-0.4, -0.2) is 38.3 Å². The van der Waals surface area contributed by atoms with E-state index in [0.717, 1.165) is 71.1 Å². The normalized spacial score (nSPS) is 15.9. The number of aliphatic imine (C=N–C) groups is 1. The number of nitrogens with one attached hydrogen (secondary N) is 1. The molecule has 0 spiro atoms. The van der Waals surface area contributed by atoms with E-state index in [9.17, 15) is 9.18 Å². The van der Waals surface area contributed by atoms with Crippen LogP contribution in [0, 0.1) is 5.82 Å². The predicted molar refractivity (Wildman–Crippen MR) is 168 cm³/mol.